The molecule has 2 atom stereocenters. The number of likely N-dealkylation sites (tertiary alicyclic amines) is 1. The van der Waals surface area contributed by atoms with Crippen LogP contribution in [0.4, 0.5) is 0 Å². The molecule has 4 nitrogen and oxygen atoms in total. The van der Waals surface area contributed by atoms with Crippen LogP contribution < -0.4 is 0 Å². The van der Waals surface area contributed by atoms with Gasteiger partial charge in [0, 0.05) is 18.2 Å². The molecule has 118 valence electrons. The van der Waals surface area contributed by atoms with E-state index in [9.17, 15) is 13.2 Å². The molecule has 23 heavy (non-hydrogen) atoms. The maximum absolute atomic E-state index is 12.6. The normalized spacial score (nSPS) is 24.8. The number of rotatable bonds is 2. The summed E-state index contributed by atoms with van der Waals surface area (Å²) < 4.78 is 23.6. The van der Waals surface area contributed by atoms with Gasteiger partial charge in [0.05, 0.1) is 11.0 Å². The lowest BCUT2D eigenvalue weighted by Crippen LogP contribution is -2.44. The summed E-state index contributed by atoms with van der Waals surface area (Å²) in [5.74, 6) is 0.0536. The van der Waals surface area contributed by atoms with Gasteiger partial charge in [-0.1, -0.05) is 42.5 Å². The number of carbonyl (C=O) groups excluding carboxylic acids is 1. The fourth-order valence-electron chi connectivity index (χ4n) is 3.55. The molecule has 2 fully saturated rings. The number of benzene rings is 2. The Labute approximate surface area is 135 Å². The van der Waals surface area contributed by atoms with Crippen molar-refractivity contribution < 1.29 is 13.2 Å². The molecule has 2 aromatic carbocycles. The average Bonchev–Trinajstić information content (AvgIpc) is 3.11. The van der Waals surface area contributed by atoms with Crippen LogP contribution in [0.1, 0.15) is 16.8 Å². The minimum atomic E-state index is -2.97. The van der Waals surface area contributed by atoms with E-state index in [0.717, 1.165) is 11.1 Å². The van der Waals surface area contributed by atoms with E-state index in [1.165, 1.54) is 0 Å². The van der Waals surface area contributed by atoms with Gasteiger partial charge in [0.1, 0.15) is 0 Å². The van der Waals surface area contributed by atoms with Gasteiger partial charge in [0.15, 0.2) is 9.84 Å². The van der Waals surface area contributed by atoms with Crippen LogP contribution in [0.5, 0.6) is 0 Å². The highest BCUT2D eigenvalue weighted by Gasteiger charge is 2.50. The number of amides is 1. The van der Waals surface area contributed by atoms with Gasteiger partial charge < -0.3 is 4.90 Å². The molecule has 2 bridgehead atoms. The Morgan fingerprint density at radius 3 is 2.17 bits per heavy atom. The van der Waals surface area contributed by atoms with Crippen LogP contribution in [0.2, 0.25) is 0 Å². The lowest BCUT2D eigenvalue weighted by atomic mass is 10.0. The largest absolute Gasteiger partial charge is 0.333 e. The summed E-state index contributed by atoms with van der Waals surface area (Å²) in [5, 5.41) is -0.361. The highest BCUT2D eigenvalue weighted by atomic mass is 32.2. The van der Waals surface area contributed by atoms with Crippen molar-refractivity contribution in [3.8, 4) is 11.1 Å². The molecule has 5 heteroatoms. The van der Waals surface area contributed by atoms with E-state index in [-0.39, 0.29) is 23.0 Å². The SMILES string of the molecule is O=C(c1ccc(-c2ccccc2)cc1)N1CC2CC1CS2(=O)=O. The quantitative estimate of drug-likeness (QED) is 0.851. The first-order valence-corrected chi connectivity index (χ1v) is 9.44. The van der Waals surface area contributed by atoms with Gasteiger partial charge in [-0.2, -0.15) is 0 Å². The molecule has 2 saturated heterocycles. The molecule has 2 unspecified atom stereocenters. The van der Waals surface area contributed by atoms with Crippen molar-refractivity contribution in [1.82, 2.24) is 4.90 Å². The van der Waals surface area contributed by atoms with Gasteiger partial charge in [0.2, 0.25) is 0 Å². The van der Waals surface area contributed by atoms with Gasteiger partial charge >= 0.3 is 0 Å². The zero-order valence-corrected chi connectivity index (χ0v) is 13.4. The van der Waals surface area contributed by atoms with Crippen molar-refractivity contribution in [3.63, 3.8) is 0 Å². The highest BCUT2D eigenvalue weighted by molar-refractivity contribution is 7.92. The third-order valence-electron chi connectivity index (χ3n) is 4.81. The standard InChI is InChI=1S/C18H17NO3S/c20-18(19-11-17-10-16(19)12-23(17,21)22)15-8-6-14(7-9-15)13-4-2-1-3-5-13/h1-9,16-17H,10-12H2. The minimum Gasteiger partial charge on any atom is -0.333 e. The van der Waals surface area contributed by atoms with Crippen molar-refractivity contribution in [2.75, 3.05) is 12.3 Å². The fraction of sp³-hybridized carbons (Fsp3) is 0.278. The summed E-state index contributed by atoms with van der Waals surface area (Å²) in [4.78, 5) is 14.4. The predicted molar refractivity (Wildman–Crippen MR) is 88.9 cm³/mol. The number of carbonyl (C=O) groups is 1. The van der Waals surface area contributed by atoms with Crippen molar-refractivity contribution >= 4 is 15.7 Å². The Hall–Kier alpha value is -2.14. The van der Waals surface area contributed by atoms with Crippen molar-refractivity contribution in [3.05, 3.63) is 60.2 Å². The molecule has 0 aromatic heterocycles. The smallest absolute Gasteiger partial charge is 0.254 e. The lowest BCUT2D eigenvalue weighted by molar-refractivity contribution is 0.0746. The zero-order chi connectivity index (χ0) is 16.0. The molecule has 2 aromatic rings. The third kappa shape index (κ3) is 2.45. The van der Waals surface area contributed by atoms with Crippen molar-refractivity contribution in [1.29, 1.82) is 0 Å². The zero-order valence-electron chi connectivity index (χ0n) is 12.6. The van der Waals surface area contributed by atoms with Gasteiger partial charge in [-0.15, -0.1) is 0 Å². The van der Waals surface area contributed by atoms with Crippen molar-refractivity contribution in [2.45, 2.75) is 17.7 Å². The highest BCUT2D eigenvalue weighted by Crippen LogP contribution is 2.34. The van der Waals surface area contributed by atoms with E-state index >= 15 is 0 Å². The van der Waals surface area contributed by atoms with Crippen LogP contribution in [-0.2, 0) is 9.84 Å². The molecule has 0 aliphatic carbocycles. The molecule has 0 spiro atoms. The number of hydrogen-bond acceptors (Lipinski definition) is 3. The number of hydrogen-bond donors (Lipinski definition) is 0. The summed E-state index contributed by atoms with van der Waals surface area (Å²) in [5.41, 5.74) is 2.79. The molecule has 1 amide bonds. The maximum Gasteiger partial charge on any atom is 0.254 e. The van der Waals surface area contributed by atoms with Crippen molar-refractivity contribution in [2.24, 2.45) is 0 Å². The molecule has 0 radical (unpaired) electrons. The van der Waals surface area contributed by atoms with Crippen LogP contribution in [0, 0.1) is 0 Å². The molecule has 4 rings (SSSR count). The number of sulfone groups is 1. The molecular formula is C18H17NO3S. The van der Waals surface area contributed by atoms with E-state index in [2.05, 4.69) is 0 Å². The first-order chi connectivity index (χ1) is 11.0. The third-order valence-corrected chi connectivity index (χ3v) is 7.02. The van der Waals surface area contributed by atoms with Crippen LogP contribution in [0.3, 0.4) is 0 Å². The second-order valence-corrected chi connectivity index (χ2v) is 8.57. The van der Waals surface area contributed by atoms with E-state index in [1.54, 1.807) is 4.90 Å². The molecule has 2 aliphatic heterocycles. The molecular weight excluding hydrogens is 310 g/mol. The van der Waals surface area contributed by atoms with E-state index in [1.807, 2.05) is 54.6 Å². The number of fused-ring (bicyclic) bond motifs is 2. The molecule has 2 aliphatic rings. The average molecular weight is 327 g/mol. The number of nitrogens with zero attached hydrogens (tertiary/aromatic N) is 1. The monoisotopic (exact) mass is 327 g/mol. The molecule has 2 heterocycles. The Morgan fingerprint density at radius 2 is 1.61 bits per heavy atom. The topological polar surface area (TPSA) is 54.5 Å². The van der Waals surface area contributed by atoms with Crippen LogP contribution in [0.15, 0.2) is 54.6 Å². The fourth-order valence-corrected chi connectivity index (χ4v) is 5.57. The molecule has 0 N–H and O–H groups in total. The second-order valence-electron chi connectivity index (χ2n) is 6.24. The van der Waals surface area contributed by atoms with Gasteiger partial charge in [-0.25, -0.2) is 8.42 Å². The van der Waals surface area contributed by atoms with E-state index < -0.39 is 9.84 Å². The predicted octanol–water partition coefficient (Wildman–Crippen LogP) is 2.37. The van der Waals surface area contributed by atoms with E-state index in [0.29, 0.717) is 18.5 Å². The first-order valence-electron chi connectivity index (χ1n) is 7.72. The van der Waals surface area contributed by atoms with Crippen LogP contribution in [0.25, 0.3) is 11.1 Å². The van der Waals surface area contributed by atoms with Crippen LogP contribution in [-0.4, -0.2) is 42.8 Å². The minimum absolute atomic E-state index is 0.0630. The maximum atomic E-state index is 12.6. The summed E-state index contributed by atoms with van der Waals surface area (Å²) in [6, 6.07) is 17.4. The summed E-state index contributed by atoms with van der Waals surface area (Å²) >= 11 is 0. The Balaban J connectivity index is 1.54. The summed E-state index contributed by atoms with van der Waals surface area (Å²) in [7, 11) is -2.97. The Bertz CT molecular complexity index is 844. The lowest BCUT2D eigenvalue weighted by Gasteiger charge is -2.27. The Kier molecular flexibility index (Phi) is 3.27. The first kappa shape index (κ1) is 14.5. The Morgan fingerprint density at radius 1 is 0.957 bits per heavy atom. The van der Waals surface area contributed by atoms with Gasteiger partial charge in [-0.3, -0.25) is 4.79 Å². The van der Waals surface area contributed by atoms with Gasteiger partial charge in [0.25, 0.3) is 5.91 Å². The van der Waals surface area contributed by atoms with E-state index in [4.69, 9.17) is 0 Å². The van der Waals surface area contributed by atoms with Crippen LogP contribution >= 0.6 is 0 Å². The molecule has 0 saturated carbocycles. The summed E-state index contributed by atoms with van der Waals surface area (Å²) in [6.07, 6.45) is 0.593. The second kappa shape index (κ2) is 5.20. The summed E-state index contributed by atoms with van der Waals surface area (Å²) in [6.45, 7) is 0.340. The van der Waals surface area contributed by atoms with Gasteiger partial charge in [-0.05, 0) is 29.7 Å².